The second kappa shape index (κ2) is 8.79. The first kappa shape index (κ1) is 20.3. The highest BCUT2D eigenvalue weighted by atomic mass is 16.5. The molecule has 0 spiro atoms. The fourth-order valence-corrected chi connectivity index (χ4v) is 3.37. The summed E-state index contributed by atoms with van der Waals surface area (Å²) in [6, 6.07) is 19.9. The van der Waals surface area contributed by atoms with Gasteiger partial charge in [0, 0.05) is 29.4 Å². The lowest BCUT2D eigenvalue weighted by atomic mass is 10.1. The van der Waals surface area contributed by atoms with E-state index in [4.69, 9.17) is 14.2 Å². The summed E-state index contributed by atoms with van der Waals surface area (Å²) in [6.07, 6.45) is 0. The van der Waals surface area contributed by atoms with E-state index in [1.165, 1.54) is 0 Å². The first-order valence-corrected chi connectivity index (χ1v) is 9.73. The molecule has 0 bridgehead atoms. The zero-order valence-corrected chi connectivity index (χ0v) is 17.3. The summed E-state index contributed by atoms with van der Waals surface area (Å²) in [5, 5.41) is 2.85. The molecule has 0 atom stereocenters. The number of hydrogen-bond donors (Lipinski definition) is 1. The molecule has 4 rings (SSSR count). The molecule has 0 fully saturated rings. The smallest absolute Gasteiger partial charge is 0.265 e. The van der Waals surface area contributed by atoms with Crippen LogP contribution >= 0.6 is 0 Å². The minimum absolute atomic E-state index is 0.0328. The molecule has 1 aliphatic heterocycles. The van der Waals surface area contributed by atoms with Crippen LogP contribution in [0.15, 0.2) is 66.7 Å². The monoisotopic (exact) mass is 418 g/mol. The van der Waals surface area contributed by atoms with Gasteiger partial charge in [0.05, 0.1) is 26.5 Å². The van der Waals surface area contributed by atoms with Crippen LogP contribution in [0.4, 0.5) is 11.4 Å². The molecule has 7 heteroatoms. The Labute approximate surface area is 180 Å². The number of amides is 2. The van der Waals surface area contributed by atoms with Gasteiger partial charge in [-0.2, -0.15) is 0 Å². The third-order valence-corrected chi connectivity index (χ3v) is 4.96. The highest BCUT2D eigenvalue weighted by molar-refractivity contribution is 6.06. The summed E-state index contributed by atoms with van der Waals surface area (Å²) in [5.74, 6) is 1.21. The van der Waals surface area contributed by atoms with Crippen LogP contribution in [0.25, 0.3) is 0 Å². The number of nitrogens with zero attached hydrogens (tertiary/aromatic N) is 1. The van der Waals surface area contributed by atoms with E-state index in [2.05, 4.69) is 5.32 Å². The van der Waals surface area contributed by atoms with Gasteiger partial charge in [0.15, 0.2) is 6.61 Å². The van der Waals surface area contributed by atoms with Crippen molar-refractivity contribution in [1.82, 2.24) is 0 Å². The van der Waals surface area contributed by atoms with Crippen molar-refractivity contribution in [2.24, 2.45) is 0 Å². The number of rotatable bonds is 6. The third kappa shape index (κ3) is 4.45. The van der Waals surface area contributed by atoms with Gasteiger partial charge in [-0.1, -0.05) is 30.3 Å². The van der Waals surface area contributed by atoms with Crippen molar-refractivity contribution in [3.63, 3.8) is 0 Å². The molecule has 31 heavy (non-hydrogen) atoms. The summed E-state index contributed by atoms with van der Waals surface area (Å²) in [6.45, 7) is 0.364. The number of fused-ring (bicyclic) bond motifs is 1. The van der Waals surface area contributed by atoms with Gasteiger partial charge in [0.25, 0.3) is 11.8 Å². The van der Waals surface area contributed by atoms with Crippen molar-refractivity contribution >= 4 is 23.2 Å². The van der Waals surface area contributed by atoms with Crippen molar-refractivity contribution in [2.75, 3.05) is 31.0 Å². The number of carbonyl (C=O) groups is 2. The second-order valence-electron chi connectivity index (χ2n) is 6.99. The van der Waals surface area contributed by atoms with Crippen LogP contribution in [-0.2, 0) is 11.3 Å². The van der Waals surface area contributed by atoms with E-state index in [-0.39, 0.29) is 18.4 Å². The van der Waals surface area contributed by atoms with E-state index in [0.29, 0.717) is 40.7 Å². The van der Waals surface area contributed by atoms with Gasteiger partial charge in [-0.25, -0.2) is 0 Å². The predicted octanol–water partition coefficient (Wildman–Crippen LogP) is 3.88. The first-order chi connectivity index (χ1) is 15.1. The van der Waals surface area contributed by atoms with E-state index < -0.39 is 0 Å². The average Bonchev–Trinajstić information content (AvgIpc) is 2.81. The molecule has 0 saturated carbocycles. The lowest BCUT2D eigenvalue weighted by Gasteiger charge is -2.29. The molecule has 0 aliphatic carbocycles. The molecule has 1 aliphatic rings. The van der Waals surface area contributed by atoms with E-state index in [0.717, 1.165) is 5.56 Å². The minimum Gasteiger partial charge on any atom is -0.497 e. The quantitative estimate of drug-likeness (QED) is 0.657. The first-order valence-electron chi connectivity index (χ1n) is 9.73. The number of methoxy groups -OCH3 is 2. The van der Waals surface area contributed by atoms with Crippen molar-refractivity contribution in [3.8, 4) is 17.2 Å². The Kier molecular flexibility index (Phi) is 5.75. The predicted molar refractivity (Wildman–Crippen MR) is 117 cm³/mol. The van der Waals surface area contributed by atoms with E-state index in [9.17, 15) is 9.59 Å². The Morgan fingerprint density at radius 2 is 1.71 bits per heavy atom. The molecular weight excluding hydrogens is 396 g/mol. The maximum Gasteiger partial charge on any atom is 0.265 e. The molecular formula is C24H22N2O5. The van der Waals surface area contributed by atoms with Gasteiger partial charge in [0.1, 0.15) is 17.2 Å². The Balaban J connectivity index is 1.61. The van der Waals surface area contributed by atoms with Gasteiger partial charge in [0.2, 0.25) is 0 Å². The second-order valence-corrected chi connectivity index (χ2v) is 6.99. The van der Waals surface area contributed by atoms with Gasteiger partial charge in [-0.3, -0.25) is 9.59 Å². The maximum atomic E-state index is 12.9. The zero-order chi connectivity index (χ0) is 21.8. The molecule has 7 nitrogen and oxygen atoms in total. The van der Waals surface area contributed by atoms with Gasteiger partial charge < -0.3 is 24.4 Å². The average molecular weight is 418 g/mol. The molecule has 158 valence electrons. The zero-order valence-electron chi connectivity index (χ0n) is 17.3. The van der Waals surface area contributed by atoms with Crippen LogP contribution < -0.4 is 24.4 Å². The highest BCUT2D eigenvalue weighted by Gasteiger charge is 2.26. The fourth-order valence-electron chi connectivity index (χ4n) is 3.37. The molecule has 2 amide bonds. The standard InChI is InChI=1S/C24H22N2O5/c1-29-19-11-18(12-20(13-19)30-2)25-24(28)17-8-9-22-21(10-17)26(23(27)15-31-22)14-16-6-4-3-5-7-16/h3-13H,14-15H2,1-2H3,(H,25,28). The third-order valence-electron chi connectivity index (χ3n) is 4.96. The summed E-state index contributed by atoms with van der Waals surface area (Å²) in [5.41, 5.74) is 2.49. The largest absolute Gasteiger partial charge is 0.497 e. The topological polar surface area (TPSA) is 77.1 Å². The normalized spacial score (nSPS) is 12.6. The van der Waals surface area contributed by atoms with Crippen molar-refractivity contribution in [1.29, 1.82) is 0 Å². The van der Waals surface area contributed by atoms with Crippen molar-refractivity contribution in [3.05, 3.63) is 77.9 Å². The molecule has 0 aromatic heterocycles. The minimum atomic E-state index is -0.323. The van der Waals surface area contributed by atoms with Crippen LogP contribution in [0.1, 0.15) is 15.9 Å². The van der Waals surface area contributed by atoms with Crippen molar-refractivity contribution in [2.45, 2.75) is 6.54 Å². The Bertz CT molecular complexity index is 1090. The molecule has 1 heterocycles. The number of hydrogen-bond acceptors (Lipinski definition) is 5. The Morgan fingerprint density at radius 1 is 1.00 bits per heavy atom. The number of carbonyl (C=O) groups excluding carboxylic acids is 2. The molecule has 1 N–H and O–H groups in total. The van der Waals surface area contributed by atoms with Gasteiger partial charge in [-0.05, 0) is 23.8 Å². The lowest BCUT2D eigenvalue weighted by Crippen LogP contribution is -2.38. The fraction of sp³-hybridized carbons (Fsp3) is 0.167. The summed E-state index contributed by atoms with van der Waals surface area (Å²) < 4.78 is 16.1. The Hall–Kier alpha value is -4.00. The SMILES string of the molecule is COc1cc(NC(=O)c2ccc3c(c2)N(Cc2ccccc2)C(=O)CO3)cc(OC)c1. The van der Waals surface area contributed by atoms with Gasteiger partial charge in [-0.15, -0.1) is 0 Å². The van der Waals surface area contributed by atoms with Crippen LogP contribution in [0, 0.1) is 0 Å². The van der Waals surface area contributed by atoms with Crippen LogP contribution in [0.2, 0.25) is 0 Å². The van der Waals surface area contributed by atoms with Crippen LogP contribution in [0.3, 0.4) is 0 Å². The van der Waals surface area contributed by atoms with Gasteiger partial charge >= 0.3 is 0 Å². The van der Waals surface area contributed by atoms with Crippen molar-refractivity contribution < 1.29 is 23.8 Å². The number of nitrogens with one attached hydrogen (secondary N) is 1. The molecule has 0 radical (unpaired) electrons. The number of benzene rings is 3. The van der Waals surface area contributed by atoms with E-state index >= 15 is 0 Å². The van der Waals surface area contributed by atoms with Crippen LogP contribution in [0.5, 0.6) is 17.2 Å². The van der Waals surface area contributed by atoms with E-state index in [1.54, 1.807) is 55.5 Å². The molecule has 0 unspecified atom stereocenters. The number of anilines is 2. The maximum absolute atomic E-state index is 12.9. The van der Waals surface area contributed by atoms with E-state index in [1.807, 2.05) is 30.3 Å². The number of ether oxygens (including phenoxy) is 3. The summed E-state index contributed by atoms with van der Waals surface area (Å²) in [7, 11) is 3.09. The Morgan fingerprint density at radius 3 is 2.39 bits per heavy atom. The summed E-state index contributed by atoms with van der Waals surface area (Å²) >= 11 is 0. The molecule has 3 aromatic rings. The molecule has 0 saturated heterocycles. The highest BCUT2D eigenvalue weighted by Crippen LogP contribution is 2.34. The summed E-state index contributed by atoms with van der Waals surface area (Å²) in [4.78, 5) is 27.1. The van der Waals surface area contributed by atoms with Crippen LogP contribution in [-0.4, -0.2) is 32.6 Å². The lowest BCUT2D eigenvalue weighted by molar-refractivity contribution is -0.121. The molecule has 3 aromatic carbocycles.